The highest BCUT2D eigenvalue weighted by Gasteiger charge is 2.17. The maximum atomic E-state index is 5.83. The van der Waals surface area contributed by atoms with Gasteiger partial charge in [0.2, 0.25) is 0 Å². The lowest BCUT2D eigenvalue weighted by molar-refractivity contribution is 0.0200. The molecule has 2 aliphatic rings. The van der Waals surface area contributed by atoms with Gasteiger partial charge in [-0.3, -0.25) is 4.90 Å². The van der Waals surface area contributed by atoms with Gasteiger partial charge in [0.15, 0.2) is 0 Å². The summed E-state index contributed by atoms with van der Waals surface area (Å²) < 4.78 is 16.8. The molecule has 1 fully saturated rings. The Kier molecular flexibility index (Phi) is 7.21. The molecule has 25 heavy (non-hydrogen) atoms. The Bertz CT molecular complexity index is 521. The molecule has 2 heterocycles. The number of nitrogen functional groups attached to an aromatic ring is 1. The van der Waals surface area contributed by atoms with Crippen LogP contribution in [0, 0.1) is 0 Å². The average molecular weight is 349 g/mol. The molecule has 0 unspecified atom stereocenters. The first-order valence-electron chi connectivity index (χ1n) is 9.48. The van der Waals surface area contributed by atoms with Crippen molar-refractivity contribution in [2.75, 3.05) is 76.4 Å². The molecule has 0 saturated carbocycles. The number of morpholine rings is 1. The molecule has 140 valence electrons. The topological polar surface area (TPSA) is 60.2 Å². The lowest BCUT2D eigenvalue weighted by Gasteiger charge is -2.31. The van der Waals surface area contributed by atoms with Crippen molar-refractivity contribution in [3.8, 4) is 5.75 Å². The van der Waals surface area contributed by atoms with E-state index in [0.717, 1.165) is 83.6 Å². The maximum Gasteiger partial charge on any atom is 0.144 e. The lowest BCUT2D eigenvalue weighted by Crippen LogP contribution is -2.38. The number of anilines is 2. The second-order valence-corrected chi connectivity index (χ2v) is 6.69. The standard InChI is InChI=1S/C19H31N3O3/c20-17-4-5-18-19(16-17)25-15-10-22(18)6-2-1-3-11-23-12-7-21-8-13-24-14-9-21/h4-5,16H,1-3,6-15,20H2. The number of fused-ring (bicyclic) bond motifs is 1. The first kappa shape index (κ1) is 18.3. The second-order valence-electron chi connectivity index (χ2n) is 6.69. The number of ether oxygens (including phenoxy) is 3. The van der Waals surface area contributed by atoms with Gasteiger partial charge in [-0.15, -0.1) is 0 Å². The van der Waals surface area contributed by atoms with E-state index in [-0.39, 0.29) is 0 Å². The van der Waals surface area contributed by atoms with Gasteiger partial charge in [0.05, 0.1) is 32.1 Å². The minimum absolute atomic E-state index is 0.737. The minimum atomic E-state index is 0.737. The van der Waals surface area contributed by atoms with Gasteiger partial charge < -0.3 is 24.8 Å². The van der Waals surface area contributed by atoms with Crippen LogP contribution in [0.15, 0.2) is 18.2 Å². The third-order valence-electron chi connectivity index (χ3n) is 4.82. The second kappa shape index (κ2) is 9.85. The van der Waals surface area contributed by atoms with E-state index in [1.807, 2.05) is 12.1 Å². The summed E-state index contributed by atoms with van der Waals surface area (Å²) in [6, 6.07) is 5.94. The van der Waals surface area contributed by atoms with Crippen LogP contribution in [-0.4, -0.2) is 70.7 Å². The largest absolute Gasteiger partial charge is 0.489 e. The fourth-order valence-corrected chi connectivity index (χ4v) is 3.33. The molecular weight excluding hydrogens is 318 g/mol. The van der Waals surface area contributed by atoms with E-state index in [2.05, 4.69) is 15.9 Å². The third kappa shape index (κ3) is 5.76. The van der Waals surface area contributed by atoms with Crippen molar-refractivity contribution >= 4 is 11.4 Å². The highest BCUT2D eigenvalue weighted by Crippen LogP contribution is 2.33. The number of hydrogen-bond acceptors (Lipinski definition) is 6. The molecule has 0 radical (unpaired) electrons. The maximum absolute atomic E-state index is 5.83. The normalized spacial score (nSPS) is 18.0. The van der Waals surface area contributed by atoms with Gasteiger partial charge in [-0.05, 0) is 31.4 Å². The minimum Gasteiger partial charge on any atom is -0.489 e. The molecule has 0 amide bonds. The molecule has 0 spiro atoms. The van der Waals surface area contributed by atoms with Gasteiger partial charge in [-0.25, -0.2) is 0 Å². The summed E-state index contributed by atoms with van der Waals surface area (Å²) in [6.45, 7) is 9.26. The number of nitrogens with zero attached hydrogens (tertiary/aromatic N) is 2. The number of nitrogens with two attached hydrogens (primary N) is 1. The molecule has 6 heteroatoms. The fraction of sp³-hybridized carbons (Fsp3) is 0.684. The van der Waals surface area contributed by atoms with Gasteiger partial charge in [-0.2, -0.15) is 0 Å². The number of benzene rings is 1. The summed E-state index contributed by atoms with van der Waals surface area (Å²) in [6.07, 6.45) is 3.50. The fourth-order valence-electron chi connectivity index (χ4n) is 3.33. The van der Waals surface area contributed by atoms with E-state index < -0.39 is 0 Å². The predicted octanol–water partition coefficient (Wildman–Crippen LogP) is 1.99. The van der Waals surface area contributed by atoms with Gasteiger partial charge in [0, 0.05) is 44.5 Å². The molecule has 3 rings (SSSR count). The predicted molar refractivity (Wildman–Crippen MR) is 100 cm³/mol. The number of hydrogen-bond donors (Lipinski definition) is 1. The first-order valence-corrected chi connectivity index (χ1v) is 9.48. The van der Waals surface area contributed by atoms with Gasteiger partial charge in [0.25, 0.3) is 0 Å². The monoisotopic (exact) mass is 349 g/mol. The molecule has 0 bridgehead atoms. The Morgan fingerprint density at radius 2 is 1.84 bits per heavy atom. The van der Waals surface area contributed by atoms with Crippen LogP contribution in [0.25, 0.3) is 0 Å². The molecule has 0 aromatic heterocycles. The van der Waals surface area contributed by atoms with E-state index >= 15 is 0 Å². The van der Waals surface area contributed by atoms with Crippen molar-refractivity contribution in [1.82, 2.24) is 4.90 Å². The molecule has 2 N–H and O–H groups in total. The zero-order valence-electron chi connectivity index (χ0n) is 15.1. The summed E-state index contributed by atoms with van der Waals surface area (Å²) in [5, 5.41) is 0. The van der Waals surface area contributed by atoms with Crippen LogP contribution >= 0.6 is 0 Å². The number of unbranched alkanes of at least 4 members (excludes halogenated alkanes) is 2. The van der Waals surface area contributed by atoms with Crippen LogP contribution in [0.3, 0.4) is 0 Å². The Morgan fingerprint density at radius 3 is 2.72 bits per heavy atom. The van der Waals surface area contributed by atoms with Crippen LogP contribution < -0.4 is 15.4 Å². The summed E-state index contributed by atoms with van der Waals surface area (Å²) in [5.74, 6) is 0.915. The van der Waals surface area contributed by atoms with E-state index in [9.17, 15) is 0 Å². The van der Waals surface area contributed by atoms with E-state index in [1.54, 1.807) is 0 Å². The third-order valence-corrected chi connectivity index (χ3v) is 4.82. The Hall–Kier alpha value is -1.50. The van der Waals surface area contributed by atoms with Crippen LogP contribution in [0.1, 0.15) is 19.3 Å². The SMILES string of the molecule is Nc1ccc2c(c1)OCCN2CCCCCOCCN1CCOCC1. The molecule has 0 atom stereocenters. The lowest BCUT2D eigenvalue weighted by atomic mass is 10.2. The summed E-state index contributed by atoms with van der Waals surface area (Å²) in [4.78, 5) is 4.81. The first-order chi connectivity index (χ1) is 12.3. The van der Waals surface area contributed by atoms with Crippen molar-refractivity contribution < 1.29 is 14.2 Å². The van der Waals surface area contributed by atoms with Crippen molar-refractivity contribution in [3.05, 3.63) is 18.2 Å². The van der Waals surface area contributed by atoms with Crippen LogP contribution in [-0.2, 0) is 9.47 Å². The van der Waals surface area contributed by atoms with E-state index in [1.165, 1.54) is 18.5 Å². The van der Waals surface area contributed by atoms with Crippen LogP contribution in [0.4, 0.5) is 11.4 Å². The van der Waals surface area contributed by atoms with Crippen molar-refractivity contribution in [3.63, 3.8) is 0 Å². The van der Waals surface area contributed by atoms with Gasteiger partial charge >= 0.3 is 0 Å². The highest BCUT2D eigenvalue weighted by atomic mass is 16.5. The Balaban J connectivity index is 1.24. The zero-order chi connectivity index (χ0) is 17.3. The molecule has 0 aliphatic carbocycles. The van der Waals surface area contributed by atoms with Gasteiger partial charge in [0.1, 0.15) is 12.4 Å². The molecule has 1 aromatic rings. The number of rotatable bonds is 9. The summed E-state index contributed by atoms with van der Waals surface area (Å²) in [5.41, 5.74) is 7.76. The molecular formula is C19H31N3O3. The van der Waals surface area contributed by atoms with E-state index in [4.69, 9.17) is 19.9 Å². The van der Waals surface area contributed by atoms with E-state index in [0.29, 0.717) is 0 Å². The highest BCUT2D eigenvalue weighted by molar-refractivity contribution is 5.64. The molecule has 1 saturated heterocycles. The summed E-state index contributed by atoms with van der Waals surface area (Å²) in [7, 11) is 0. The Labute approximate surface area is 150 Å². The molecule has 1 aromatic carbocycles. The van der Waals surface area contributed by atoms with Crippen LogP contribution in [0.5, 0.6) is 5.75 Å². The van der Waals surface area contributed by atoms with Crippen molar-refractivity contribution in [2.45, 2.75) is 19.3 Å². The Morgan fingerprint density at radius 1 is 0.960 bits per heavy atom. The van der Waals surface area contributed by atoms with Crippen molar-refractivity contribution in [2.24, 2.45) is 0 Å². The molecule has 2 aliphatic heterocycles. The van der Waals surface area contributed by atoms with Crippen molar-refractivity contribution in [1.29, 1.82) is 0 Å². The molecule has 6 nitrogen and oxygen atoms in total. The van der Waals surface area contributed by atoms with Crippen LogP contribution in [0.2, 0.25) is 0 Å². The average Bonchev–Trinajstić information content (AvgIpc) is 2.64. The zero-order valence-corrected chi connectivity index (χ0v) is 15.1. The summed E-state index contributed by atoms with van der Waals surface area (Å²) >= 11 is 0. The quantitative estimate of drug-likeness (QED) is 0.543. The smallest absolute Gasteiger partial charge is 0.144 e. The van der Waals surface area contributed by atoms with Gasteiger partial charge in [-0.1, -0.05) is 0 Å².